The molecule has 2 aromatic heterocycles. The van der Waals surface area contributed by atoms with E-state index in [2.05, 4.69) is 41.1 Å². The largest absolute Gasteiger partial charge is 0.495 e. The fourth-order valence-corrected chi connectivity index (χ4v) is 10.3. The zero-order valence-corrected chi connectivity index (χ0v) is 42.5. The van der Waals surface area contributed by atoms with Gasteiger partial charge in [0.2, 0.25) is 17.8 Å². The second-order valence-corrected chi connectivity index (χ2v) is 21.0. The van der Waals surface area contributed by atoms with Gasteiger partial charge in [0.15, 0.2) is 5.67 Å². The number of likely N-dealkylation sites (tertiary alicyclic amines) is 1. The molecule has 0 unspecified atom stereocenters. The van der Waals surface area contributed by atoms with Gasteiger partial charge >= 0.3 is 0 Å². The van der Waals surface area contributed by atoms with Crippen molar-refractivity contribution in [3.8, 4) is 16.2 Å². The molecule has 3 fully saturated rings. The number of aliphatic hydroxyl groups is 1. The van der Waals surface area contributed by atoms with E-state index < -0.39 is 46.3 Å². The van der Waals surface area contributed by atoms with Gasteiger partial charge in [0.25, 0.3) is 11.8 Å². The summed E-state index contributed by atoms with van der Waals surface area (Å²) < 4.78 is 31.4. The van der Waals surface area contributed by atoms with Crippen LogP contribution in [0.1, 0.15) is 54.7 Å². The predicted octanol–water partition coefficient (Wildman–Crippen LogP) is 4.92. The Labute approximate surface area is 420 Å². The molecule has 2 aliphatic heterocycles. The van der Waals surface area contributed by atoms with Gasteiger partial charge in [-0.15, -0.1) is 11.3 Å². The number of ether oxygens (including phenoxy) is 3. The number of alkyl halides is 1. The van der Waals surface area contributed by atoms with Gasteiger partial charge in [0.05, 0.1) is 67.6 Å². The third kappa shape index (κ3) is 13.4. The standard InChI is InChI=1S/C48H62ClFN10O8S2/c1-30-39(69-29-54-30)32-8-6-31(7-9-32)26-52-42(62)37-25-34(61)28-60(37)44(64)40(56-45(65)48(50)12-13-48)47(2,3)70-23-22-68-21-20-67-19-18-58-14-16-59(17-15-58)43(63)33-10-11-36(38(24-33)66-5)55-46-53-27-35(49)41(51-4)57-46/h6-11,24,27,29,34,37,40,61H,12-23,25-26,28H2,1-5H3,(H,52,62)(H,56,65)(H2,51,53,55,57)/t34-,37-,40-/m1/s1. The van der Waals surface area contributed by atoms with Crippen molar-refractivity contribution in [2.75, 3.05) is 96.2 Å². The van der Waals surface area contributed by atoms with Crippen molar-refractivity contribution in [3.05, 3.63) is 76.0 Å². The number of methoxy groups -OCH3 is 1. The monoisotopic (exact) mass is 1020 g/mol. The minimum absolute atomic E-state index is 0.0317. The maximum Gasteiger partial charge on any atom is 0.258 e. The zero-order valence-electron chi connectivity index (χ0n) is 40.1. The summed E-state index contributed by atoms with van der Waals surface area (Å²) in [5.41, 5.74) is 3.71. The van der Waals surface area contributed by atoms with Crippen molar-refractivity contribution in [1.82, 2.24) is 40.3 Å². The lowest BCUT2D eigenvalue weighted by Gasteiger charge is -2.37. The summed E-state index contributed by atoms with van der Waals surface area (Å²) in [5, 5.41) is 22.7. The summed E-state index contributed by atoms with van der Waals surface area (Å²) in [4.78, 5) is 73.8. The number of thiazole rings is 1. The fourth-order valence-electron chi connectivity index (χ4n) is 8.23. The van der Waals surface area contributed by atoms with Crippen LogP contribution in [0.25, 0.3) is 10.4 Å². The molecule has 2 aromatic carbocycles. The van der Waals surface area contributed by atoms with Crippen LogP contribution in [0.5, 0.6) is 5.75 Å². The SMILES string of the molecule is CNc1nc(Nc2ccc(C(=O)N3CCN(CCOCCOCCSC(C)(C)[C@H](NC(=O)C4(F)CC4)C(=O)N4C[C@H](O)C[C@@H]4C(=O)NCc4ccc(-c5scnc5C)cc4)CC3)cc2OC)ncc1Cl. The summed E-state index contributed by atoms with van der Waals surface area (Å²) in [5.74, 6) is -0.207. The highest BCUT2D eigenvalue weighted by Gasteiger charge is 2.54. The molecule has 1 aliphatic carbocycles. The number of thioether (sulfide) groups is 1. The maximum absolute atomic E-state index is 15.0. The molecule has 1 saturated carbocycles. The summed E-state index contributed by atoms with van der Waals surface area (Å²) in [6.45, 7) is 10.4. The van der Waals surface area contributed by atoms with E-state index in [4.69, 9.17) is 25.8 Å². The number of anilines is 3. The van der Waals surface area contributed by atoms with E-state index in [-0.39, 0.29) is 38.3 Å². The Morgan fingerprint density at radius 2 is 1.76 bits per heavy atom. The topological polar surface area (TPSA) is 213 Å². The van der Waals surface area contributed by atoms with Gasteiger partial charge < -0.3 is 50.4 Å². The van der Waals surface area contributed by atoms with Crippen molar-refractivity contribution in [1.29, 1.82) is 0 Å². The molecule has 378 valence electrons. The van der Waals surface area contributed by atoms with E-state index in [0.717, 1.165) is 21.7 Å². The van der Waals surface area contributed by atoms with Crippen LogP contribution in [0.3, 0.4) is 0 Å². The van der Waals surface area contributed by atoms with E-state index in [1.165, 1.54) is 30.0 Å². The Balaban J connectivity index is 0.813. The van der Waals surface area contributed by atoms with E-state index >= 15 is 4.39 Å². The van der Waals surface area contributed by atoms with Gasteiger partial charge in [0.1, 0.15) is 28.7 Å². The molecular formula is C48H62ClFN10O8S2. The highest BCUT2D eigenvalue weighted by atomic mass is 35.5. The summed E-state index contributed by atoms with van der Waals surface area (Å²) >= 11 is 9.06. The van der Waals surface area contributed by atoms with Crippen LogP contribution in [-0.2, 0) is 30.4 Å². The first-order valence-electron chi connectivity index (χ1n) is 23.3. The minimum Gasteiger partial charge on any atom is -0.495 e. The number of carbonyl (C=O) groups excluding carboxylic acids is 4. The molecule has 5 N–H and O–H groups in total. The first-order valence-corrected chi connectivity index (χ1v) is 25.6. The number of nitrogens with one attached hydrogen (secondary N) is 4. The van der Waals surface area contributed by atoms with Gasteiger partial charge in [-0.3, -0.25) is 24.1 Å². The Kier molecular flexibility index (Phi) is 17.9. The quantitative estimate of drug-likeness (QED) is 0.0624. The van der Waals surface area contributed by atoms with Crippen LogP contribution in [0, 0.1) is 6.92 Å². The van der Waals surface area contributed by atoms with Crippen molar-refractivity contribution < 1.29 is 42.9 Å². The molecule has 7 rings (SSSR count). The number of rotatable bonds is 23. The summed E-state index contributed by atoms with van der Waals surface area (Å²) in [6, 6.07) is 10.8. The molecule has 4 heterocycles. The van der Waals surface area contributed by atoms with Crippen LogP contribution in [0.4, 0.5) is 21.8 Å². The maximum atomic E-state index is 15.0. The molecule has 22 heteroatoms. The number of hydrogen-bond acceptors (Lipinski definition) is 16. The number of β-amino-alcohol motifs (C(OH)–C–C–N with tert-alkyl or cyclic N) is 1. The number of aryl methyl sites for hydroxylation is 1. The molecule has 0 radical (unpaired) electrons. The Bertz CT molecular complexity index is 2460. The van der Waals surface area contributed by atoms with E-state index in [1.807, 2.05) is 36.1 Å². The lowest BCUT2D eigenvalue weighted by molar-refractivity contribution is -0.143. The molecule has 4 amide bonds. The molecule has 18 nitrogen and oxygen atoms in total. The number of carbonyl (C=O) groups is 4. The average Bonchev–Trinajstić information content (AvgIpc) is 3.77. The van der Waals surface area contributed by atoms with E-state index in [1.54, 1.807) is 55.9 Å². The number of amides is 4. The second kappa shape index (κ2) is 23.8. The molecule has 3 aliphatic rings. The fraction of sp³-hybridized carbons (Fsp3) is 0.521. The number of halogens is 2. The second-order valence-electron chi connectivity index (χ2n) is 17.9. The molecule has 4 aromatic rings. The number of benzene rings is 2. The lowest BCUT2D eigenvalue weighted by atomic mass is 10.00. The van der Waals surface area contributed by atoms with Gasteiger partial charge in [0, 0.05) is 75.3 Å². The normalized spacial score (nSPS) is 18.3. The Morgan fingerprint density at radius 1 is 1.03 bits per heavy atom. The predicted molar refractivity (Wildman–Crippen MR) is 269 cm³/mol. The summed E-state index contributed by atoms with van der Waals surface area (Å²) in [7, 11) is 3.25. The van der Waals surface area contributed by atoms with Crippen molar-refractivity contribution in [2.24, 2.45) is 0 Å². The van der Waals surface area contributed by atoms with Crippen LogP contribution in [0.15, 0.2) is 54.2 Å². The lowest BCUT2D eigenvalue weighted by Crippen LogP contribution is -2.61. The van der Waals surface area contributed by atoms with E-state index in [0.29, 0.717) is 98.7 Å². The number of hydrogen-bond donors (Lipinski definition) is 5. The van der Waals surface area contributed by atoms with Crippen LogP contribution < -0.4 is 26.0 Å². The van der Waals surface area contributed by atoms with Gasteiger partial charge in [-0.2, -0.15) is 16.7 Å². The Hall–Kier alpha value is -5.16. The highest BCUT2D eigenvalue weighted by molar-refractivity contribution is 8.00. The van der Waals surface area contributed by atoms with Gasteiger partial charge in [-0.05, 0) is 62.9 Å². The third-order valence-corrected chi connectivity index (χ3v) is 15.2. The van der Waals surface area contributed by atoms with E-state index in [9.17, 15) is 24.3 Å². The zero-order chi connectivity index (χ0) is 50.0. The number of nitrogens with zero attached hydrogens (tertiary/aromatic N) is 6. The molecule has 3 atom stereocenters. The number of piperazine rings is 1. The van der Waals surface area contributed by atoms with Gasteiger partial charge in [-0.1, -0.05) is 35.9 Å². The first-order chi connectivity index (χ1) is 33.6. The van der Waals surface area contributed by atoms with Crippen LogP contribution >= 0.6 is 34.7 Å². The number of aromatic nitrogens is 3. The molecule has 0 bridgehead atoms. The minimum atomic E-state index is -2.03. The van der Waals surface area contributed by atoms with Crippen molar-refractivity contribution in [3.63, 3.8) is 0 Å². The molecule has 2 saturated heterocycles. The van der Waals surface area contributed by atoms with Crippen LogP contribution in [0.2, 0.25) is 5.02 Å². The highest BCUT2D eigenvalue weighted by Crippen LogP contribution is 2.41. The average molecular weight is 1030 g/mol. The summed E-state index contributed by atoms with van der Waals surface area (Å²) in [6.07, 6.45) is 0.729. The van der Waals surface area contributed by atoms with Crippen LogP contribution in [-0.4, -0.2) is 173 Å². The molecule has 0 spiro atoms. The molecular weight excluding hydrogens is 963 g/mol. The first kappa shape index (κ1) is 52.7. The molecule has 70 heavy (non-hydrogen) atoms. The third-order valence-electron chi connectivity index (χ3n) is 12.6. The van der Waals surface area contributed by atoms with Crippen molar-refractivity contribution in [2.45, 2.75) is 75.2 Å². The van der Waals surface area contributed by atoms with Gasteiger partial charge in [-0.25, -0.2) is 14.4 Å². The van der Waals surface area contributed by atoms with Crippen molar-refractivity contribution >= 4 is 75.8 Å². The number of aliphatic hydroxyl groups excluding tert-OH is 1. The smallest absolute Gasteiger partial charge is 0.258 e. The Morgan fingerprint density at radius 3 is 2.43 bits per heavy atom.